The van der Waals surface area contributed by atoms with Crippen LogP contribution in [0, 0.1) is 11.3 Å². The fourth-order valence-electron chi connectivity index (χ4n) is 2.00. The Bertz CT molecular complexity index is 140. The highest BCUT2D eigenvalue weighted by Crippen LogP contribution is 2.22. The molecule has 78 valence electrons. The van der Waals surface area contributed by atoms with E-state index >= 15 is 0 Å². The number of hydrogen-bond acceptors (Lipinski definition) is 1. The Labute approximate surface area is 83.5 Å². The van der Waals surface area contributed by atoms with E-state index in [-0.39, 0.29) is 0 Å². The van der Waals surface area contributed by atoms with Crippen molar-refractivity contribution in [2.45, 2.75) is 47.0 Å². The molecule has 0 aromatic heterocycles. The minimum absolute atomic E-state index is 0.530. The zero-order chi connectivity index (χ0) is 9.90. The van der Waals surface area contributed by atoms with Crippen molar-refractivity contribution < 1.29 is 0 Å². The first-order valence-electron chi connectivity index (χ1n) is 5.70. The second kappa shape index (κ2) is 4.45. The van der Waals surface area contributed by atoms with Gasteiger partial charge in [-0.25, -0.2) is 0 Å². The summed E-state index contributed by atoms with van der Waals surface area (Å²) in [7, 11) is 0. The first kappa shape index (κ1) is 11.0. The van der Waals surface area contributed by atoms with Gasteiger partial charge in [0.15, 0.2) is 0 Å². The molecule has 1 rings (SSSR count). The van der Waals surface area contributed by atoms with E-state index in [1.165, 1.54) is 38.9 Å². The van der Waals surface area contributed by atoms with E-state index in [4.69, 9.17) is 0 Å². The van der Waals surface area contributed by atoms with Gasteiger partial charge in [-0.1, -0.05) is 34.1 Å². The molecule has 0 N–H and O–H groups in total. The summed E-state index contributed by atoms with van der Waals surface area (Å²) in [5, 5.41) is 0. The van der Waals surface area contributed by atoms with Gasteiger partial charge in [-0.15, -0.1) is 0 Å². The third kappa shape index (κ3) is 4.66. The van der Waals surface area contributed by atoms with E-state index in [9.17, 15) is 0 Å². The van der Waals surface area contributed by atoms with Crippen molar-refractivity contribution in [3.05, 3.63) is 0 Å². The molecule has 1 saturated heterocycles. The minimum atomic E-state index is 0.530. The minimum Gasteiger partial charge on any atom is -0.303 e. The molecule has 0 aromatic rings. The van der Waals surface area contributed by atoms with Crippen LogP contribution in [0.15, 0.2) is 0 Å². The van der Waals surface area contributed by atoms with Gasteiger partial charge in [0.1, 0.15) is 0 Å². The maximum Gasteiger partial charge on any atom is 0.00194 e. The van der Waals surface area contributed by atoms with Gasteiger partial charge in [0.05, 0.1) is 0 Å². The predicted octanol–water partition coefficient (Wildman–Crippen LogP) is 3.15. The molecule has 1 aliphatic heterocycles. The fourth-order valence-corrected chi connectivity index (χ4v) is 2.00. The van der Waals surface area contributed by atoms with Gasteiger partial charge in [0, 0.05) is 13.1 Å². The quantitative estimate of drug-likeness (QED) is 0.605. The van der Waals surface area contributed by atoms with E-state index in [0.29, 0.717) is 5.41 Å². The summed E-state index contributed by atoms with van der Waals surface area (Å²) in [6.07, 6.45) is 4.16. The lowest BCUT2D eigenvalue weighted by molar-refractivity contribution is 0.109. The van der Waals surface area contributed by atoms with Gasteiger partial charge in [-0.3, -0.25) is 0 Å². The van der Waals surface area contributed by atoms with Crippen molar-refractivity contribution in [1.29, 1.82) is 0 Å². The Morgan fingerprint density at radius 2 is 1.77 bits per heavy atom. The second-order valence-electron chi connectivity index (χ2n) is 5.88. The zero-order valence-corrected chi connectivity index (χ0v) is 9.77. The maximum atomic E-state index is 2.58. The topological polar surface area (TPSA) is 3.24 Å². The first-order chi connectivity index (χ1) is 5.97. The molecule has 1 aliphatic rings. The van der Waals surface area contributed by atoms with Crippen molar-refractivity contribution in [3.63, 3.8) is 0 Å². The van der Waals surface area contributed by atoms with Crippen LogP contribution in [0.4, 0.5) is 0 Å². The molecule has 0 amide bonds. The molecule has 1 heterocycles. The Morgan fingerprint density at radius 3 is 2.23 bits per heavy atom. The Morgan fingerprint density at radius 1 is 1.15 bits per heavy atom. The number of hydrogen-bond donors (Lipinski definition) is 0. The van der Waals surface area contributed by atoms with Gasteiger partial charge in [-0.2, -0.15) is 0 Å². The average Bonchev–Trinajstić information content (AvgIpc) is 1.91. The summed E-state index contributed by atoms with van der Waals surface area (Å²) in [4.78, 5) is 2.58. The molecule has 1 fully saturated rings. The molecule has 0 unspecified atom stereocenters. The Balaban J connectivity index is 1.90. The maximum absolute atomic E-state index is 2.58. The van der Waals surface area contributed by atoms with Crippen LogP contribution in [0.2, 0.25) is 0 Å². The number of unbranched alkanes of at least 4 members (excludes halogenated alkanes) is 1. The lowest BCUT2D eigenvalue weighted by Gasteiger charge is -2.37. The van der Waals surface area contributed by atoms with Crippen LogP contribution in [-0.4, -0.2) is 24.5 Å². The highest BCUT2D eigenvalue weighted by molar-refractivity contribution is 4.75. The molecule has 13 heavy (non-hydrogen) atoms. The Hall–Kier alpha value is -0.0400. The van der Waals surface area contributed by atoms with Gasteiger partial charge >= 0.3 is 0 Å². The highest BCUT2D eigenvalue weighted by Gasteiger charge is 2.21. The molecule has 0 radical (unpaired) electrons. The Kier molecular flexibility index (Phi) is 3.78. The fraction of sp³-hybridized carbons (Fsp3) is 1.00. The molecule has 0 saturated carbocycles. The van der Waals surface area contributed by atoms with Crippen LogP contribution in [0.1, 0.15) is 47.0 Å². The van der Waals surface area contributed by atoms with Crippen LogP contribution in [-0.2, 0) is 0 Å². The van der Waals surface area contributed by atoms with E-state index in [1.807, 2.05) is 0 Å². The molecule has 0 aliphatic carbocycles. The van der Waals surface area contributed by atoms with Crippen LogP contribution in [0.3, 0.4) is 0 Å². The van der Waals surface area contributed by atoms with Crippen molar-refractivity contribution >= 4 is 0 Å². The lowest BCUT2D eigenvalue weighted by Crippen LogP contribution is -2.45. The van der Waals surface area contributed by atoms with Crippen LogP contribution in [0.5, 0.6) is 0 Å². The third-order valence-corrected chi connectivity index (χ3v) is 2.79. The van der Waals surface area contributed by atoms with Crippen LogP contribution in [0.25, 0.3) is 0 Å². The van der Waals surface area contributed by atoms with Crippen molar-refractivity contribution in [1.82, 2.24) is 4.90 Å². The summed E-state index contributed by atoms with van der Waals surface area (Å²) in [5.74, 6) is 0.961. The number of nitrogens with zero attached hydrogens (tertiary/aromatic N) is 1. The molecule has 1 heteroatoms. The molecule has 0 bridgehead atoms. The highest BCUT2D eigenvalue weighted by atomic mass is 15.2. The summed E-state index contributed by atoms with van der Waals surface area (Å²) >= 11 is 0. The first-order valence-corrected chi connectivity index (χ1v) is 5.70. The molecule has 0 aromatic carbocycles. The molecule has 1 nitrogen and oxygen atoms in total. The second-order valence-corrected chi connectivity index (χ2v) is 5.88. The molecular weight excluding hydrogens is 158 g/mol. The number of likely N-dealkylation sites (tertiary alicyclic amines) is 1. The summed E-state index contributed by atoms with van der Waals surface area (Å²) in [5.41, 5.74) is 0.530. The number of rotatable bonds is 4. The van der Waals surface area contributed by atoms with Gasteiger partial charge in [0.2, 0.25) is 0 Å². The summed E-state index contributed by atoms with van der Waals surface area (Å²) < 4.78 is 0. The standard InChI is InChI=1S/C12H25N/c1-11-9-13(10-11)8-6-5-7-12(2,3)4/h11H,5-10H2,1-4H3. The van der Waals surface area contributed by atoms with Gasteiger partial charge in [0.25, 0.3) is 0 Å². The van der Waals surface area contributed by atoms with Crippen molar-refractivity contribution in [2.24, 2.45) is 11.3 Å². The van der Waals surface area contributed by atoms with E-state index < -0.39 is 0 Å². The lowest BCUT2D eigenvalue weighted by atomic mass is 9.89. The summed E-state index contributed by atoms with van der Waals surface area (Å²) in [6.45, 7) is 13.4. The normalized spacial score (nSPS) is 20.3. The monoisotopic (exact) mass is 183 g/mol. The van der Waals surface area contributed by atoms with Crippen LogP contribution < -0.4 is 0 Å². The smallest absolute Gasteiger partial charge is 0.00194 e. The van der Waals surface area contributed by atoms with E-state index in [0.717, 1.165) is 5.92 Å². The largest absolute Gasteiger partial charge is 0.303 e. The molecular formula is C12H25N. The van der Waals surface area contributed by atoms with Gasteiger partial charge in [-0.05, 0) is 30.7 Å². The average molecular weight is 183 g/mol. The summed E-state index contributed by atoms with van der Waals surface area (Å²) in [6, 6.07) is 0. The van der Waals surface area contributed by atoms with E-state index in [2.05, 4.69) is 32.6 Å². The van der Waals surface area contributed by atoms with Crippen molar-refractivity contribution in [2.75, 3.05) is 19.6 Å². The van der Waals surface area contributed by atoms with Crippen molar-refractivity contribution in [3.8, 4) is 0 Å². The molecule has 0 spiro atoms. The molecule has 0 atom stereocenters. The SMILES string of the molecule is CC1CN(CCCCC(C)(C)C)C1. The predicted molar refractivity (Wildman–Crippen MR) is 58.9 cm³/mol. The van der Waals surface area contributed by atoms with Gasteiger partial charge < -0.3 is 4.90 Å². The zero-order valence-electron chi connectivity index (χ0n) is 9.77. The van der Waals surface area contributed by atoms with E-state index in [1.54, 1.807) is 0 Å². The van der Waals surface area contributed by atoms with Crippen LogP contribution >= 0.6 is 0 Å². The third-order valence-electron chi connectivity index (χ3n) is 2.79.